The van der Waals surface area contributed by atoms with E-state index in [-0.39, 0.29) is 17.6 Å². The lowest BCUT2D eigenvalue weighted by Gasteiger charge is -2.24. The van der Waals surface area contributed by atoms with E-state index in [0.29, 0.717) is 17.7 Å². The first-order chi connectivity index (χ1) is 14.0. The van der Waals surface area contributed by atoms with Crippen LogP contribution in [0.3, 0.4) is 0 Å². The van der Waals surface area contributed by atoms with Gasteiger partial charge in [0, 0.05) is 28.5 Å². The Kier molecular flexibility index (Phi) is 5.12. The molecule has 4 rings (SSSR count). The van der Waals surface area contributed by atoms with Gasteiger partial charge in [-0.2, -0.15) is 5.10 Å². The molecular formula is C22H22N4O3. The second kappa shape index (κ2) is 7.87. The van der Waals surface area contributed by atoms with Crippen LogP contribution in [-0.4, -0.2) is 20.6 Å². The number of aryl methyl sites for hydroxylation is 1. The number of nitrogens with zero attached hydrogens (tertiary/aromatic N) is 3. The minimum atomic E-state index is -0.460. The number of carbonyl (C=O) groups is 1. The summed E-state index contributed by atoms with van der Waals surface area (Å²) in [6.45, 7) is 2.36. The van der Waals surface area contributed by atoms with Crippen molar-refractivity contribution in [1.82, 2.24) is 15.1 Å². The van der Waals surface area contributed by atoms with Crippen LogP contribution < -0.4 is 5.32 Å². The van der Waals surface area contributed by atoms with Gasteiger partial charge in [-0.1, -0.05) is 36.4 Å². The minimum Gasteiger partial charge on any atom is -0.345 e. The lowest BCUT2D eigenvalue weighted by Crippen LogP contribution is -2.31. The zero-order chi connectivity index (χ0) is 20.4. The van der Waals surface area contributed by atoms with Crippen molar-refractivity contribution in [3.8, 4) is 0 Å². The van der Waals surface area contributed by atoms with Crippen LogP contribution in [0.2, 0.25) is 0 Å². The van der Waals surface area contributed by atoms with Crippen LogP contribution in [0.5, 0.6) is 0 Å². The number of benzene rings is 2. The smallest absolute Gasteiger partial charge is 0.273 e. The molecule has 1 atom stereocenters. The number of aromatic nitrogens is 2. The molecule has 0 bridgehead atoms. The highest BCUT2D eigenvalue weighted by Crippen LogP contribution is 2.30. The molecule has 0 radical (unpaired) electrons. The van der Waals surface area contributed by atoms with Gasteiger partial charge in [0.25, 0.3) is 11.6 Å². The summed E-state index contributed by atoms with van der Waals surface area (Å²) in [6.07, 6.45) is 4.53. The third-order valence-corrected chi connectivity index (χ3v) is 5.41. The number of rotatable bonds is 5. The van der Waals surface area contributed by atoms with E-state index in [4.69, 9.17) is 0 Å². The van der Waals surface area contributed by atoms with Crippen LogP contribution in [-0.2, 0) is 13.0 Å². The molecule has 7 heteroatoms. The lowest BCUT2D eigenvalue weighted by molar-refractivity contribution is -0.385. The maximum absolute atomic E-state index is 12.7. The number of nitro groups is 1. The molecule has 0 spiro atoms. The number of amides is 1. The van der Waals surface area contributed by atoms with E-state index in [1.807, 2.05) is 29.1 Å². The van der Waals surface area contributed by atoms with Crippen LogP contribution in [0.25, 0.3) is 0 Å². The summed E-state index contributed by atoms with van der Waals surface area (Å²) < 4.78 is 2.00. The second-order valence-corrected chi connectivity index (χ2v) is 7.37. The van der Waals surface area contributed by atoms with Crippen molar-refractivity contribution in [2.45, 2.75) is 38.8 Å². The van der Waals surface area contributed by atoms with Crippen molar-refractivity contribution in [2.24, 2.45) is 0 Å². The van der Waals surface area contributed by atoms with Crippen LogP contribution in [0.15, 0.2) is 54.7 Å². The van der Waals surface area contributed by atoms with E-state index in [9.17, 15) is 14.9 Å². The van der Waals surface area contributed by atoms with Gasteiger partial charge in [-0.3, -0.25) is 19.6 Å². The molecular weight excluding hydrogens is 368 g/mol. The highest BCUT2D eigenvalue weighted by atomic mass is 16.6. The summed E-state index contributed by atoms with van der Waals surface area (Å²) in [6, 6.07) is 14.6. The number of nitro benzene ring substituents is 1. The van der Waals surface area contributed by atoms with Gasteiger partial charge in [0.1, 0.15) is 0 Å². The topological polar surface area (TPSA) is 90.1 Å². The third kappa shape index (κ3) is 3.89. The summed E-state index contributed by atoms with van der Waals surface area (Å²) in [5.41, 5.74) is 4.14. The highest BCUT2D eigenvalue weighted by molar-refractivity contribution is 5.95. The number of carbonyl (C=O) groups excluding carboxylic acids is 1. The zero-order valence-corrected chi connectivity index (χ0v) is 16.2. The Labute approximate surface area is 168 Å². The van der Waals surface area contributed by atoms with Gasteiger partial charge in [-0.25, -0.2) is 0 Å². The maximum atomic E-state index is 12.7. The molecule has 0 saturated heterocycles. The number of fused-ring (bicyclic) bond motifs is 1. The van der Waals surface area contributed by atoms with Crippen LogP contribution in [0.4, 0.5) is 5.69 Å². The fourth-order valence-corrected chi connectivity index (χ4v) is 3.85. The SMILES string of the molecule is Cc1ccc(C(=O)N[C@H]2CCCc3c2cnn3Cc2ccccc2)cc1[N+](=O)[O-]. The van der Waals surface area contributed by atoms with Crippen molar-refractivity contribution in [2.75, 3.05) is 0 Å². The van der Waals surface area contributed by atoms with Gasteiger partial charge in [0.05, 0.1) is 23.7 Å². The van der Waals surface area contributed by atoms with E-state index >= 15 is 0 Å². The molecule has 1 aliphatic rings. The summed E-state index contributed by atoms with van der Waals surface area (Å²) in [4.78, 5) is 23.5. The average molecular weight is 390 g/mol. The Morgan fingerprint density at radius 3 is 2.83 bits per heavy atom. The first-order valence-corrected chi connectivity index (χ1v) is 9.67. The van der Waals surface area contributed by atoms with Crippen molar-refractivity contribution in [3.63, 3.8) is 0 Å². The molecule has 7 nitrogen and oxygen atoms in total. The van der Waals surface area contributed by atoms with Crippen molar-refractivity contribution >= 4 is 11.6 Å². The Morgan fingerprint density at radius 2 is 2.07 bits per heavy atom. The molecule has 0 unspecified atom stereocenters. The molecule has 1 amide bonds. The predicted octanol–water partition coefficient (Wildman–Crippen LogP) is 3.96. The molecule has 148 valence electrons. The van der Waals surface area contributed by atoms with E-state index in [1.165, 1.54) is 11.6 Å². The third-order valence-electron chi connectivity index (χ3n) is 5.41. The Bertz CT molecular complexity index is 1060. The minimum absolute atomic E-state index is 0.0438. The summed E-state index contributed by atoms with van der Waals surface area (Å²) >= 11 is 0. The van der Waals surface area contributed by atoms with Gasteiger partial charge < -0.3 is 5.32 Å². The molecule has 0 aliphatic heterocycles. The summed E-state index contributed by atoms with van der Waals surface area (Å²) in [5, 5.41) is 18.8. The van der Waals surface area contributed by atoms with Crippen LogP contribution >= 0.6 is 0 Å². The van der Waals surface area contributed by atoms with Crippen LogP contribution in [0.1, 0.15) is 51.6 Å². The normalized spacial score (nSPS) is 15.6. The first-order valence-electron chi connectivity index (χ1n) is 9.67. The molecule has 1 aliphatic carbocycles. The molecule has 1 heterocycles. The molecule has 1 N–H and O–H groups in total. The van der Waals surface area contributed by atoms with Crippen molar-refractivity contribution < 1.29 is 9.72 Å². The fraction of sp³-hybridized carbons (Fsp3) is 0.273. The predicted molar refractivity (Wildman–Crippen MR) is 109 cm³/mol. The monoisotopic (exact) mass is 390 g/mol. The lowest BCUT2D eigenvalue weighted by atomic mass is 9.92. The van der Waals surface area contributed by atoms with Crippen molar-refractivity contribution in [1.29, 1.82) is 0 Å². The Hall–Kier alpha value is -3.48. The van der Waals surface area contributed by atoms with E-state index in [1.54, 1.807) is 19.1 Å². The van der Waals surface area contributed by atoms with Gasteiger partial charge in [-0.15, -0.1) is 0 Å². The largest absolute Gasteiger partial charge is 0.345 e. The number of hydrogen-bond donors (Lipinski definition) is 1. The molecule has 1 aromatic heterocycles. The standard InChI is InChI=1S/C22H22N4O3/c1-15-10-11-17(12-21(15)26(28)29)22(27)24-19-8-5-9-20-18(19)13-23-25(20)14-16-6-3-2-4-7-16/h2-4,6-7,10-13,19H,5,8-9,14H2,1H3,(H,24,27)/t19-/m0/s1. The number of nitrogens with one attached hydrogen (secondary N) is 1. The highest BCUT2D eigenvalue weighted by Gasteiger charge is 2.26. The van der Waals surface area contributed by atoms with Gasteiger partial charge in [-0.05, 0) is 37.8 Å². The first kappa shape index (κ1) is 18.9. The van der Waals surface area contributed by atoms with Crippen LogP contribution in [0, 0.1) is 17.0 Å². The van der Waals surface area contributed by atoms with Gasteiger partial charge in [0.2, 0.25) is 0 Å². The Balaban J connectivity index is 1.54. The molecule has 3 aromatic rings. The second-order valence-electron chi connectivity index (χ2n) is 7.37. The van der Waals surface area contributed by atoms with E-state index < -0.39 is 4.92 Å². The molecule has 29 heavy (non-hydrogen) atoms. The van der Waals surface area contributed by atoms with Gasteiger partial charge in [0.15, 0.2) is 0 Å². The molecule has 0 fully saturated rings. The fourth-order valence-electron chi connectivity index (χ4n) is 3.85. The van der Waals surface area contributed by atoms with Crippen molar-refractivity contribution in [3.05, 3.63) is 92.8 Å². The zero-order valence-electron chi connectivity index (χ0n) is 16.2. The summed E-state index contributed by atoms with van der Waals surface area (Å²) in [7, 11) is 0. The summed E-state index contributed by atoms with van der Waals surface area (Å²) in [5.74, 6) is -0.304. The number of hydrogen-bond acceptors (Lipinski definition) is 4. The molecule has 2 aromatic carbocycles. The average Bonchev–Trinajstić information content (AvgIpc) is 3.12. The maximum Gasteiger partial charge on any atom is 0.273 e. The Morgan fingerprint density at radius 1 is 1.28 bits per heavy atom. The van der Waals surface area contributed by atoms with E-state index in [0.717, 1.165) is 30.5 Å². The van der Waals surface area contributed by atoms with E-state index in [2.05, 4.69) is 22.5 Å². The quantitative estimate of drug-likeness (QED) is 0.527. The van der Waals surface area contributed by atoms with Gasteiger partial charge >= 0.3 is 0 Å². The molecule has 0 saturated carbocycles.